The van der Waals surface area contributed by atoms with Crippen LogP contribution in [0.25, 0.3) is 0 Å². The molecule has 4 heteroatoms. The van der Waals surface area contributed by atoms with Crippen LogP contribution in [-0.4, -0.2) is 31.6 Å². The zero-order valence-corrected chi connectivity index (χ0v) is 9.70. The maximum absolute atomic E-state index is 11.3. The standard InChI is InChI=1S/C11H18O4/c1-5-14-10(12)8(2)6-11(3)7-9(13-4)15-11/h6,9H,5,7H2,1-4H3/b8-6+. The van der Waals surface area contributed by atoms with Gasteiger partial charge in [-0.15, -0.1) is 0 Å². The number of methoxy groups -OCH3 is 1. The zero-order chi connectivity index (χ0) is 11.5. The lowest BCUT2D eigenvalue weighted by Crippen LogP contribution is -2.47. The first kappa shape index (κ1) is 12.2. The van der Waals surface area contributed by atoms with Crippen molar-refractivity contribution in [2.45, 2.75) is 39.1 Å². The lowest BCUT2D eigenvalue weighted by Gasteiger charge is -2.42. The monoisotopic (exact) mass is 214 g/mol. The molecule has 2 unspecified atom stereocenters. The van der Waals surface area contributed by atoms with Gasteiger partial charge < -0.3 is 14.2 Å². The van der Waals surface area contributed by atoms with Crippen molar-refractivity contribution in [3.63, 3.8) is 0 Å². The molecule has 0 N–H and O–H groups in total. The van der Waals surface area contributed by atoms with E-state index in [0.29, 0.717) is 12.2 Å². The van der Waals surface area contributed by atoms with E-state index in [1.807, 2.05) is 6.92 Å². The highest BCUT2D eigenvalue weighted by Gasteiger charge is 2.40. The Bertz CT molecular complexity index is 264. The summed E-state index contributed by atoms with van der Waals surface area (Å²) in [5, 5.41) is 0. The third-order valence-electron chi connectivity index (χ3n) is 2.35. The van der Waals surface area contributed by atoms with Crippen molar-refractivity contribution in [1.82, 2.24) is 0 Å². The molecule has 1 saturated heterocycles. The smallest absolute Gasteiger partial charge is 0.333 e. The average Bonchev–Trinajstić information content (AvgIpc) is 2.14. The lowest BCUT2D eigenvalue weighted by molar-refractivity contribution is -0.274. The van der Waals surface area contributed by atoms with Crippen molar-refractivity contribution in [1.29, 1.82) is 0 Å². The summed E-state index contributed by atoms with van der Waals surface area (Å²) in [6, 6.07) is 0. The number of carbonyl (C=O) groups excluding carboxylic acids is 1. The van der Waals surface area contributed by atoms with Gasteiger partial charge >= 0.3 is 5.97 Å². The van der Waals surface area contributed by atoms with E-state index in [0.717, 1.165) is 6.42 Å². The Morgan fingerprint density at radius 3 is 2.73 bits per heavy atom. The molecule has 0 spiro atoms. The van der Waals surface area contributed by atoms with Crippen LogP contribution in [0.3, 0.4) is 0 Å². The topological polar surface area (TPSA) is 44.8 Å². The van der Waals surface area contributed by atoms with Crippen LogP contribution in [-0.2, 0) is 19.0 Å². The second-order valence-electron chi connectivity index (χ2n) is 3.85. The molecule has 0 aromatic rings. The number of hydrogen-bond donors (Lipinski definition) is 0. The minimum atomic E-state index is -0.391. The van der Waals surface area contributed by atoms with Gasteiger partial charge in [-0.1, -0.05) is 0 Å². The fraction of sp³-hybridized carbons (Fsp3) is 0.727. The highest BCUT2D eigenvalue weighted by Crippen LogP contribution is 2.34. The summed E-state index contributed by atoms with van der Waals surface area (Å²) in [5.41, 5.74) is 0.186. The van der Waals surface area contributed by atoms with E-state index >= 15 is 0 Å². The van der Waals surface area contributed by atoms with Gasteiger partial charge in [0.1, 0.15) is 0 Å². The van der Waals surface area contributed by atoms with E-state index in [4.69, 9.17) is 14.2 Å². The number of carbonyl (C=O) groups is 1. The Balaban J connectivity index is 2.52. The van der Waals surface area contributed by atoms with Gasteiger partial charge in [0.2, 0.25) is 0 Å². The molecule has 1 fully saturated rings. The molecule has 0 aliphatic carbocycles. The first-order chi connectivity index (χ1) is 7.00. The number of ether oxygens (including phenoxy) is 3. The van der Waals surface area contributed by atoms with Crippen LogP contribution in [0.15, 0.2) is 11.6 Å². The van der Waals surface area contributed by atoms with Crippen molar-refractivity contribution in [3.8, 4) is 0 Å². The van der Waals surface area contributed by atoms with E-state index in [2.05, 4.69) is 0 Å². The summed E-state index contributed by atoms with van der Waals surface area (Å²) in [6.07, 6.45) is 2.40. The summed E-state index contributed by atoms with van der Waals surface area (Å²) >= 11 is 0. The van der Waals surface area contributed by atoms with Gasteiger partial charge in [-0.3, -0.25) is 0 Å². The Hall–Kier alpha value is -0.870. The SMILES string of the molecule is CCOC(=O)/C(C)=C/C1(C)CC(OC)O1. The van der Waals surface area contributed by atoms with Crippen molar-refractivity contribution < 1.29 is 19.0 Å². The van der Waals surface area contributed by atoms with Crippen molar-refractivity contribution in [2.75, 3.05) is 13.7 Å². The second-order valence-corrected chi connectivity index (χ2v) is 3.85. The van der Waals surface area contributed by atoms with Crippen LogP contribution in [0.4, 0.5) is 0 Å². The highest BCUT2D eigenvalue weighted by atomic mass is 16.7. The Kier molecular flexibility index (Phi) is 3.88. The average molecular weight is 214 g/mol. The van der Waals surface area contributed by atoms with Gasteiger partial charge in [-0.05, 0) is 26.8 Å². The predicted octanol–water partition coefficient (Wildman–Crippen LogP) is 1.65. The van der Waals surface area contributed by atoms with Gasteiger partial charge in [0.05, 0.1) is 12.2 Å². The third kappa shape index (κ3) is 3.04. The van der Waals surface area contributed by atoms with E-state index in [1.54, 1.807) is 27.0 Å². The molecule has 1 aliphatic rings. The first-order valence-electron chi connectivity index (χ1n) is 5.08. The molecule has 0 saturated carbocycles. The molecule has 0 radical (unpaired) electrons. The molecule has 86 valence electrons. The van der Waals surface area contributed by atoms with Crippen LogP contribution in [0.2, 0.25) is 0 Å². The minimum absolute atomic E-state index is 0.152. The molecule has 1 rings (SSSR count). The first-order valence-corrected chi connectivity index (χ1v) is 5.08. The maximum atomic E-state index is 11.3. The molecule has 0 aromatic carbocycles. The van der Waals surface area contributed by atoms with Crippen LogP contribution in [0, 0.1) is 0 Å². The summed E-state index contributed by atoms with van der Waals surface area (Å²) in [4.78, 5) is 11.3. The maximum Gasteiger partial charge on any atom is 0.333 e. The summed E-state index contributed by atoms with van der Waals surface area (Å²) in [5.74, 6) is -0.289. The van der Waals surface area contributed by atoms with E-state index in [-0.39, 0.29) is 12.3 Å². The van der Waals surface area contributed by atoms with Gasteiger partial charge in [0, 0.05) is 19.1 Å². The molecule has 2 atom stereocenters. The van der Waals surface area contributed by atoms with Crippen LogP contribution in [0.1, 0.15) is 27.2 Å². The number of esters is 1. The fourth-order valence-electron chi connectivity index (χ4n) is 1.61. The van der Waals surface area contributed by atoms with Gasteiger partial charge in [0.15, 0.2) is 6.29 Å². The molecule has 15 heavy (non-hydrogen) atoms. The summed E-state index contributed by atoms with van der Waals surface area (Å²) in [6.45, 7) is 5.83. The van der Waals surface area contributed by atoms with E-state index < -0.39 is 5.60 Å². The normalized spacial score (nSPS) is 30.9. The Morgan fingerprint density at radius 1 is 1.67 bits per heavy atom. The number of hydrogen-bond acceptors (Lipinski definition) is 4. The van der Waals surface area contributed by atoms with Gasteiger partial charge in [-0.25, -0.2) is 4.79 Å². The summed E-state index contributed by atoms with van der Waals surface area (Å²) < 4.78 is 15.3. The van der Waals surface area contributed by atoms with Crippen molar-refractivity contribution in [3.05, 3.63) is 11.6 Å². The Morgan fingerprint density at radius 2 is 2.27 bits per heavy atom. The predicted molar refractivity (Wildman–Crippen MR) is 55.3 cm³/mol. The molecule has 0 amide bonds. The van der Waals surface area contributed by atoms with Crippen LogP contribution < -0.4 is 0 Å². The molecule has 1 heterocycles. The molecule has 4 nitrogen and oxygen atoms in total. The van der Waals surface area contributed by atoms with Crippen LogP contribution in [0.5, 0.6) is 0 Å². The van der Waals surface area contributed by atoms with Gasteiger partial charge in [-0.2, -0.15) is 0 Å². The van der Waals surface area contributed by atoms with Crippen LogP contribution >= 0.6 is 0 Å². The molecular formula is C11H18O4. The number of rotatable bonds is 4. The molecule has 1 aliphatic heterocycles. The van der Waals surface area contributed by atoms with E-state index in [9.17, 15) is 4.79 Å². The van der Waals surface area contributed by atoms with E-state index in [1.165, 1.54) is 0 Å². The van der Waals surface area contributed by atoms with Gasteiger partial charge in [0.25, 0.3) is 0 Å². The third-order valence-corrected chi connectivity index (χ3v) is 2.35. The molecular weight excluding hydrogens is 196 g/mol. The molecule has 0 bridgehead atoms. The molecule has 0 aromatic heterocycles. The highest BCUT2D eigenvalue weighted by molar-refractivity contribution is 5.87. The van der Waals surface area contributed by atoms with Crippen molar-refractivity contribution in [2.24, 2.45) is 0 Å². The lowest BCUT2D eigenvalue weighted by atomic mass is 9.93. The largest absolute Gasteiger partial charge is 0.463 e. The minimum Gasteiger partial charge on any atom is -0.463 e. The zero-order valence-electron chi connectivity index (χ0n) is 9.70. The van der Waals surface area contributed by atoms with Crippen molar-refractivity contribution >= 4 is 5.97 Å². The quantitative estimate of drug-likeness (QED) is 0.527. The second kappa shape index (κ2) is 4.77. The fourth-order valence-corrected chi connectivity index (χ4v) is 1.61. The summed E-state index contributed by atoms with van der Waals surface area (Å²) in [7, 11) is 1.60. The Labute approximate surface area is 90.2 Å².